The number of aliphatic hydroxyl groups excluding tert-OH is 2. The summed E-state index contributed by atoms with van der Waals surface area (Å²) in [7, 11) is -4.10. The van der Waals surface area contributed by atoms with Crippen LogP contribution in [0.4, 0.5) is 0 Å². The van der Waals surface area contributed by atoms with Crippen molar-refractivity contribution < 1.29 is 18.6 Å². The highest BCUT2D eigenvalue weighted by atomic mass is 32.2. The van der Waals surface area contributed by atoms with Crippen molar-refractivity contribution in [3.8, 4) is 0 Å². The predicted molar refractivity (Wildman–Crippen MR) is 89.3 cm³/mol. The molecule has 2 atom stereocenters. The molecule has 4 rings (SSSR count). The highest BCUT2D eigenvalue weighted by molar-refractivity contribution is 7.89. The standard InChI is InChI=1S/C18H15NO4S/c20-17-14-9-3-4-10-15(14)18(21)19(17)24(22,23)16-11-5-7-12-6-1-2-8-13(12)16/h1-11,17-18,20-21H. The number of aliphatic hydroxyl groups is 2. The third-order valence-corrected chi connectivity index (χ3v) is 6.21. The van der Waals surface area contributed by atoms with E-state index in [2.05, 4.69) is 0 Å². The van der Waals surface area contributed by atoms with Gasteiger partial charge in [-0.15, -0.1) is 4.31 Å². The van der Waals surface area contributed by atoms with Gasteiger partial charge in [-0.1, -0.05) is 60.7 Å². The van der Waals surface area contributed by atoms with E-state index in [1.165, 1.54) is 6.07 Å². The summed E-state index contributed by atoms with van der Waals surface area (Å²) in [5.74, 6) is 0. The Hall–Kier alpha value is -2.25. The molecule has 1 aliphatic heterocycles. The van der Waals surface area contributed by atoms with Gasteiger partial charge in [0.2, 0.25) is 10.0 Å². The summed E-state index contributed by atoms with van der Waals surface area (Å²) in [5.41, 5.74) is 0.794. The molecule has 2 unspecified atom stereocenters. The lowest BCUT2D eigenvalue weighted by Gasteiger charge is -2.24. The minimum absolute atomic E-state index is 0.0616. The van der Waals surface area contributed by atoms with Gasteiger partial charge in [-0.2, -0.15) is 0 Å². The van der Waals surface area contributed by atoms with Crippen LogP contribution in [-0.4, -0.2) is 22.9 Å². The van der Waals surface area contributed by atoms with Crippen molar-refractivity contribution >= 4 is 20.8 Å². The Morgan fingerprint density at radius 1 is 0.750 bits per heavy atom. The lowest BCUT2D eigenvalue weighted by atomic mass is 10.1. The normalized spacial score (nSPS) is 21.1. The van der Waals surface area contributed by atoms with Crippen LogP contribution in [0.2, 0.25) is 0 Å². The molecule has 0 saturated carbocycles. The van der Waals surface area contributed by atoms with E-state index in [9.17, 15) is 18.6 Å². The number of fused-ring (bicyclic) bond motifs is 2. The minimum Gasteiger partial charge on any atom is -0.373 e. The summed E-state index contributed by atoms with van der Waals surface area (Å²) in [4.78, 5) is 0.0616. The smallest absolute Gasteiger partial charge is 0.248 e. The fraction of sp³-hybridized carbons (Fsp3) is 0.111. The van der Waals surface area contributed by atoms with Gasteiger partial charge in [0.05, 0.1) is 4.90 Å². The maximum absolute atomic E-state index is 13.1. The number of sulfonamides is 1. The Kier molecular flexibility index (Phi) is 3.43. The fourth-order valence-electron chi connectivity index (χ4n) is 3.19. The molecule has 0 amide bonds. The summed E-state index contributed by atoms with van der Waals surface area (Å²) < 4.78 is 27.0. The lowest BCUT2D eigenvalue weighted by molar-refractivity contribution is -0.0225. The molecule has 0 spiro atoms. The van der Waals surface area contributed by atoms with Crippen molar-refractivity contribution in [1.29, 1.82) is 0 Å². The number of nitrogens with zero attached hydrogens (tertiary/aromatic N) is 1. The Morgan fingerprint density at radius 3 is 1.96 bits per heavy atom. The topological polar surface area (TPSA) is 77.8 Å². The average molecular weight is 341 g/mol. The quantitative estimate of drug-likeness (QED) is 0.751. The van der Waals surface area contributed by atoms with Crippen LogP contribution in [0.5, 0.6) is 0 Å². The van der Waals surface area contributed by atoms with Crippen molar-refractivity contribution in [3.05, 3.63) is 77.9 Å². The van der Waals surface area contributed by atoms with E-state index in [4.69, 9.17) is 0 Å². The Bertz CT molecular complexity index is 998. The monoisotopic (exact) mass is 341 g/mol. The molecule has 0 aliphatic carbocycles. The van der Waals surface area contributed by atoms with Crippen LogP contribution in [0.15, 0.2) is 71.6 Å². The van der Waals surface area contributed by atoms with Crippen LogP contribution in [-0.2, 0) is 10.0 Å². The minimum atomic E-state index is -4.10. The molecule has 24 heavy (non-hydrogen) atoms. The molecule has 6 heteroatoms. The number of benzene rings is 3. The van der Waals surface area contributed by atoms with E-state index in [0.29, 0.717) is 16.5 Å². The first-order chi connectivity index (χ1) is 11.5. The molecule has 3 aromatic carbocycles. The largest absolute Gasteiger partial charge is 0.373 e. The average Bonchev–Trinajstić information content (AvgIpc) is 2.86. The van der Waals surface area contributed by atoms with E-state index in [1.54, 1.807) is 42.5 Å². The molecular weight excluding hydrogens is 326 g/mol. The van der Waals surface area contributed by atoms with Crippen LogP contribution in [0.3, 0.4) is 0 Å². The number of hydrogen-bond acceptors (Lipinski definition) is 4. The van der Waals surface area contributed by atoms with Gasteiger partial charge in [0.15, 0.2) is 0 Å². The molecule has 0 radical (unpaired) electrons. The van der Waals surface area contributed by atoms with Gasteiger partial charge in [-0.05, 0) is 11.5 Å². The molecule has 1 heterocycles. The fourth-order valence-corrected chi connectivity index (χ4v) is 4.88. The molecule has 1 aliphatic rings. The zero-order valence-electron chi connectivity index (χ0n) is 12.6. The van der Waals surface area contributed by atoms with Gasteiger partial charge in [-0.25, -0.2) is 8.42 Å². The Labute approximate surface area is 139 Å². The van der Waals surface area contributed by atoms with Gasteiger partial charge < -0.3 is 10.2 Å². The summed E-state index contributed by atoms with van der Waals surface area (Å²) in [6, 6.07) is 18.7. The first-order valence-corrected chi connectivity index (χ1v) is 8.92. The first-order valence-electron chi connectivity index (χ1n) is 7.48. The first kappa shape index (κ1) is 15.3. The van der Waals surface area contributed by atoms with Gasteiger partial charge >= 0.3 is 0 Å². The highest BCUT2D eigenvalue weighted by Crippen LogP contribution is 2.43. The van der Waals surface area contributed by atoms with E-state index >= 15 is 0 Å². The molecule has 0 bridgehead atoms. The highest BCUT2D eigenvalue weighted by Gasteiger charge is 2.44. The van der Waals surface area contributed by atoms with E-state index < -0.39 is 22.5 Å². The third kappa shape index (κ3) is 2.08. The zero-order chi connectivity index (χ0) is 16.9. The number of rotatable bonds is 2. The molecule has 0 saturated heterocycles. The van der Waals surface area contributed by atoms with Gasteiger partial charge in [0.25, 0.3) is 0 Å². The second kappa shape index (κ2) is 5.39. The SMILES string of the molecule is O=S(=O)(c1cccc2ccccc12)N1C(O)c2ccccc2C1O. The van der Waals surface area contributed by atoms with Crippen LogP contribution < -0.4 is 0 Å². The lowest BCUT2D eigenvalue weighted by Crippen LogP contribution is -2.33. The zero-order valence-corrected chi connectivity index (χ0v) is 13.4. The summed E-state index contributed by atoms with van der Waals surface area (Å²) in [6.07, 6.45) is -2.83. The predicted octanol–water partition coefficient (Wildman–Crippen LogP) is 2.53. The molecule has 0 aromatic heterocycles. The van der Waals surface area contributed by atoms with Gasteiger partial charge in [0.1, 0.15) is 12.5 Å². The van der Waals surface area contributed by atoms with E-state index in [0.717, 1.165) is 9.69 Å². The van der Waals surface area contributed by atoms with Crippen molar-refractivity contribution in [2.24, 2.45) is 0 Å². The van der Waals surface area contributed by atoms with Gasteiger partial charge in [0, 0.05) is 16.5 Å². The summed E-state index contributed by atoms with van der Waals surface area (Å²) in [6.45, 7) is 0. The van der Waals surface area contributed by atoms with Crippen LogP contribution in [0.25, 0.3) is 10.8 Å². The Morgan fingerprint density at radius 2 is 1.29 bits per heavy atom. The van der Waals surface area contributed by atoms with Crippen molar-refractivity contribution in [1.82, 2.24) is 4.31 Å². The molecule has 5 nitrogen and oxygen atoms in total. The second-order valence-electron chi connectivity index (χ2n) is 5.69. The molecule has 0 fully saturated rings. The van der Waals surface area contributed by atoms with Crippen LogP contribution in [0.1, 0.15) is 23.6 Å². The third-order valence-electron chi connectivity index (χ3n) is 4.34. The molecule has 122 valence electrons. The second-order valence-corrected chi connectivity index (χ2v) is 7.50. The van der Waals surface area contributed by atoms with Crippen LogP contribution in [0, 0.1) is 0 Å². The maximum Gasteiger partial charge on any atom is 0.248 e. The maximum atomic E-state index is 13.1. The summed E-state index contributed by atoms with van der Waals surface area (Å²) >= 11 is 0. The van der Waals surface area contributed by atoms with Crippen LogP contribution >= 0.6 is 0 Å². The van der Waals surface area contributed by atoms with Crippen molar-refractivity contribution in [2.45, 2.75) is 17.4 Å². The summed E-state index contributed by atoms with van der Waals surface area (Å²) in [5, 5.41) is 22.3. The molecule has 2 N–H and O–H groups in total. The van der Waals surface area contributed by atoms with Gasteiger partial charge in [-0.3, -0.25) is 0 Å². The number of hydrogen-bond donors (Lipinski definition) is 2. The van der Waals surface area contributed by atoms with E-state index in [1.807, 2.05) is 18.2 Å². The van der Waals surface area contributed by atoms with Crippen molar-refractivity contribution in [2.75, 3.05) is 0 Å². The Balaban J connectivity index is 1.90. The van der Waals surface area contributed by atoms with Crippen molar-refractivity contribution in [3.63, 3.8) is 0 Å². The van der Waals surface area contributed by atoms with E-state index in [-0.39, 0.29) is 4.90 Å². The molecule has 3 aromatic rings. The molecular formula is C18H15NO4S.